The summed E-state index contributed by atoms with van der Waals surface area (Å²) in [6.45, 7) is 1.88. The summed E-state index contributed by atoms with van der Waals surface area (Å²) in [7, 11) is -4.02. The second-order valence-electron chi connectivity index (χ2n) is 6.45. The van der Waals surface area contributed by atoms with Crippen LogP contribution in [-0.4, -0.2) is 17.0 Å². The first-order valence-electron chi connectivity index (χ1n) is 8.76. The Morgan fingerprint density at radius 2 is 1.32 bits per heavy atom. The highest BCUT2D eigenvalue weighted by Gasteiger charge is 2.24. The van der Waals surface area contributed by atoms with Crippen molar-refractivity contribution < 1.29 is 8.42 Å². The molecule has 4 aromatic rings. The van der Waals surface area contributed by atoms with Gasteiger partial charge in [-0.3, -0.25) is 4.57 Å². The zero-order valence-electron chi connectivity index (χ0n) is 15.2. The van der Waals surface area contributed by atoms with Gasteiger partial charge >= 0.3 is 5.69 Å². The quantitative estimate of drug-likeness (QED) is 0.532. The van der Waals surface area contributed by atoms with Crippen molar-refractivity contribution >= 4 is 10.0 Å². The van der Waals surface area contributed by atoms with Gasteiger partial charge in [0.1, 0.15) is 0 Å². The zero-order chi connectivity index (χ0) is 19.7. The minimum Gasteiger partial charge on any atom is -0.260 e. The van der Waals surface area contributed by atoms with E-state index in [-0.39, 0.29) is 4.90 Å². The minimum atomic E-state index is -4.02. The van der Waals surface area contributed by atoms with Gasteiger partial charge in [-0.15, -0.1) is 0 Å². The number of aryl methyl sites for hydroxylation is 1. The molecule has 6 heteroatoms. The molecule has 0 N–H and O–H groups in total. The summed E-state index contributed by atoms with van der Waals surface area (Å²) in [5.41, 5.74) is 2.17. The molecule has 1 aromatic heterocycles. The minimum absolute atomic E-state index is 0.0741. The van der Waals surface area contributed by atoms with Gasteiger partial charge in [0.2, 0.25) is 0 Å². The molecule has 0 aliphatic heterocycles. The SMILES string of the molecule is Cc1ccc(S(=O)(=O)n2cc(-c3ccccc3)n(-c3ccccc3)c2=O)cc1. The van der Waals surface area contributed by atoms with Crippen LogP contribution in [-0.2, 0) is 10.0 Å². The van der Waals surface area contributed by atoms with E-state index in [1.807, 2.05) is 55.5 Å². The van der Waals surface area contributed by atoms with Crippen molar-refractivity contribution in [2.75, 3.05) is 0 Å². The largest absolute Gasteiger partial charge is 0.347 e. The maximum Gasteiger partial charge on any atom is 0.347 e. The summed E-state index contributed by atoms with van der Waals surface area (Å²) in [4.78, 5) is 13.3. The van der Waals surface area contributed by atoms with Gasteiger partial charge in [-0.1, -0.05) is 66.2 Å². The molecule has 4 rings (SSSR count). The highest BCUT2D eigenvalue weighted by molar-refractivity contribution is 7.90. The predicted molar refractivity (Wildman–Crippen MR) is 109 cm³/mol. The Balaban J connectivity index is 1.99. The lowest BCUT2D eigenvalue weighted by Gasteiger charge is -2.07. The van der Waals surface area contributed by atoms with Crippen LogP contribution in [0.3, 0.4) is 0 Å². The fourth-order valence-electron chi connectivity index (χ4n) is 3.06. The smallest absolute Gasteiger partial charge is 0.260 e. The summed E-state index contributed by atoms with van der Waals surface area (Å²) in [6, 6.07) is 24.7. The van der Waals surface area contributed by atoms with E-state index in [0.717, 1.165) is 15.1 Å². The van der Waals surface area contributed by atoms with Gasteiger partial charge in [0.15, 0.2) is 0 Å². The fraction of sp³-hybridized carbons (Fsp3) is 0.0455. The lowest BCUT2D eigenvalue weighted by Crippen LogP contribution is -2.28. The average Bonchev–Trinajstić information content (AvgIpc) is 3.07. The standard InChI is InChI=1S/C22H18N2O3S/c1-17-12-14-20(15-13-17)28(26,27)23-16-21(18-8-4-2-5-9-18)24(22(23)25)19-10-6-3-7-11-19/h2-16H,1H3. The molecule has 3 aromatic carbocycles. The van der Waals surface area contributed by atoms with Gasteiger partial charge < -0.3 is 0 Å². The Morgan fingerprint density at radius 3 is 1.93 bits per heavy atom. The first-order valence-corrected chi connectivity index (χ1v) is 10.2. The Bertz CT molecular complexity index is 1270. The molecule has 0 aliphatic rings. The molecule has 0 bridgehead atoms. The Labute approximate surface area is 163 Å². The molecular weight excluding hydrogens is 372 g/mol. The summed E-state index contributed by atoms with van der Waals surface area (Å²) < 4.78 is 28.5. The van der Waals surface area contributed by atoms with Crippen molar-refractivity contribution in [2.45, 2.75) is 11.8 Å². The van der Waals surface area contributed by atoms with Gasteiger partial charge in [0.25, 0.3) is 10.0 Å². The number of nitrogens with zero attached hydrogens (tertiary/aromatic N) is 2. The van der Waals surface area contributed by atoms with Crippen molar-refractivity contribution in [1.29, 1.82) is 0 Å². The van der Waals surface area contributed by atoms with Crippen LogP contribution in [0.25, 0.3) is 16.9 Å². The van der Waals surface area contributed by atoms with E-state index in [1.165, 1.54) is 22.9 Å². The first kappa shape index (κ1) is 18.0. The highest BCUT2D eigenvalue weighted by atomic mass is 32.2. The van der Waals surface area contributed by atoms with E-state index in [1.54, 1.807) is 24.3 Å². The fourth-order valence-corrected chi connectivity index (χ4v) is 4.29. The molecule has 1 heterocycles. The van der Waals surface area contributed by atoms with Crippen LogP contribution in [0.2, 0.25) is 0 Å². The number of benzene rings is 3. The highest BCUT2D eigenvalue weighted by Crippen LogP contribution is 2.23. The number of rotatable bonds is 4. The van der Waals surface area contributed by atoms with E-state index in [2.05, 4.69) is 0 Å². The van der Waals surface area contributed by atoms with Crippen LogP contribution in [0.1, 0.15) is 5.56 Å². The molecule has 28 heavy (non-hydrogen) atoms. The molecule has 5 nitrogen and oxygen atoms in total. The van der Waals surface area contributed by atoms with Crippen LogP contribution < -0.4 is 5.69 Å². The van der Waals surface area contributed by atoms with Crippen molar-refractivity contribution in [2.24, 2.45) is 0 Å². The summed E-state index contributed by atoms with van der Waals surface area (Å²) in [5, 5.41) is 0. The Kier molecular flexibility index (Phi) is 4.49. The normalized spacial score (nSPS) is 11.5. The second kappa shape index (κ2) is 6.98. The van der Waals surface area contributed by atoms with Crippen molar-refractivity contribution in [3.8, 4) is 16.9 Å². The van der Waals surface area contributed by atoms with Crippen LogP contribution in [0.15, 0.2) is 101 Å². The number of para-hydroxylation sites is 1. The number of hydrogen-bond acceptors (Lipinski definition) is 3. The average molecular weight is 390 g/mol. The topological polar surface area (TPSA) is 61.1 Å². The maximum absolute atomic E-state index is 13.2. The molecule has 140 valence electrons. The predicted octanol–water partition coefficient (Wildman–Crippen LogP) is 3.85. The molecule has 0 spiro atoms. The monoisotopic (exact) mass is 390 g/mol. The lowest BCUT2D eigenvalue weighted by atomic mass is 10.1. The summed E-state index contributed by atoms with van der Waals surface area (Å²) in [6.07, 6.45) is 1.39. The van der Waals surface area contributed by atoms with Crippen LogP contribution in [0, 0.1) is 6.92 Å². The summed E-state index contributed by atoms with van der Waals surface area (Å²) >= 11 is 0. The zero-order valence-corrected chi connectivity index (χ0v) is 16.0. The molecule has 0 fully saturated rings. The summed E-state index contributed by atoms with van der Waals surface area (Å²) in [5.74, 6) is 0. The molecule has 0 radical (unpaired) electrons. The van der Waals surface area contributed by atoms with Crippen molar-refractivity contribution in [3.05, 3.63) is 107 Å². The van der Waals surface area contributed by atoms with Gasteiger partial charge in [0, 0.05) is 5.56 Å². The number of imidazole rings is 1. The lowest BCUT2D eigenvalue weighted by molar-refractivity contribution is 0.585. The van der Waals surface area contributed by atoms with Crippen LogP contribution in [0.4, 0.5) is 0 Å². The Hall–Kier alpha value is -3.38. The molecule has 0 amide bonds. The first-order chi connectivity index (χ1) is 13.5. The molecule has 0 saturated heterocycles. The van der Waals surface area contributed by atoms with Crippen LogP contribution >= 0.6 is 0 Å². The van der Waals surface area contributed by atoms with Gasteiger partial charge in [-0.2, -0.15) is 3.97 Å². The van der Waals surface area contributed by atoms with Gasteiger partial charge in [-0.05, 0) is 31.2 Å². The third-order valence-electron chi connectivity index (χ3n) is 4.52. The van der Waals surface area contributed by atoms with E-state index in [4.69, 9.17) is 0 Å². The molecule has 0 atom stereocenters. The van der Waals surface area contributed by atoms with E-state index in [9.17, 15) is 13.2 Å². The van der Waals surface area contributed by atoms with Gasteiger partial charge in [0.05, 0.1) is 22.5 Å². The molecule has 0 aliphatic carbocycles. The molecule has 0 unspecified atom stereocenters. The number of hydrogen-bond donors (Lipinski definition) is 0. The molecular formula is C22H18N2O3S. The van der Waals surface area contributed by atoms with E-state index >= 15 is 0 Å². The van der Waals surface area contributed by atoms with Crippen molar-refractivity contribution in [1.82, 2.24) is 8.54 Å². The third-order valence-corrected chi connectivity index (χ3v) is 6.17. The third kappa shape index (κ3) is 3.08. The van der Waals surface area contributed by atoms with Gasteiger partial charge in [-0.25, -0.2) is 13.2 Å². The molecule has 0 saturated carbocycles. The second-order valence-corrected chi connectivity index (χ2v) is 8.26. The van der Waals surface area contributed by atoms with E-state index in [0.29, 0.717) is 11.4 Å². The van der Waals surface area contributed by atoms with Crippen LogP contribution in [0.5, 0.6) is 0 Å². The Morgan fingerprint density at radius 1 is 0.750 bits per heavy atom. The van der Waals surface area contributed by atoms with Crippen molar-refractivity contribution in [3.63, 3.8) is 0 Å². The number of aromatic nitrogens is 2. The maximum atomic E-state index is 13.2. The van der Waals surface area contributed by atoms with E-state index < -0.39 is 15.7 Å².